The number of hydrogen-bond acceptors (Lipinski definition) is 4. The largest absolute Gasteiger partial charge is 0.469 e. The van der Waals surface area contributed by atoms with Gasteiger partial charge >= 0.3 is 5.97 Å². The molecule has 0 saturated carbocycles. The Bertz CT molecular complexity index is 311. The van der Waals surface area contributed by atoms with E-state index in [4.69, 9.17) is 4.74 Å². The zero-order chi connectivity index (χ0) is 15.6. The number of guanidine groups is 1. The number of ether oxygens (including phenoxy) is 2. The fraction of sp³-hybridized carbons (Fsp3) is 0.857. The minimum atomic E-state index is -0.238. The quantitative estimate of drug-likeness (QED) is 0.418. The van der Waals surface area contributed by atoms with Crippen molar-refractivity contribution in [1.29, 1.82) is 0 Å². The van der Waals surface area contributed by atoms with Crippen molar-refractivity contribution in [2.75, 3.05) is 33.9 Å². The second-order valence-corrected chi connectivity index (χ2v) is 5.56. The van der Waals surface area contributed by atoms with Crippen molar-refractivity contribution in [2.24, 2.45) is 10.4 Å². The number of nitrogens with zero attached hydrogens (tertiary/aromatic N) is 1. The van der Waals surface area contributed by atoms with E-state index in [2.05, 4.69) is 41.1 Å². The van der Waals surface area contributed by atoms with Gasteiger partial charge in [0.05, 0.1) is 26.2 Å². The summed E-state index contributed by atoms with van der Waals surface area (Å²) < 4.78 is 10.1. The first-order valence-electron chi connectivity index (χ1n) is 6.96. The summed E-state index contributed by atoms with van der Waals surface area (Å²) in [6.07, 6.45) is 0.354. The Labute approximate surface area is 122 Å². The van der Waals surface area contributed by atoms with Gasteiger partial charge in [0.2, 0.25) is 0 Å². The molecule has 0 fully saturated rings. The van der Waals surface area contributed by atoms with Gasteiger partial charge in [0.25, 0.3) is 0 Å². The lowest BCUT2D eigenvalue weighted by Crippen LogP contribution is -2.40. The number of nitrogens with one attached hydrogen (secondary N) is 2. The molecule has 0 rings (SSSR count). The van der Waals surface area contributed by atoms with Crippen LogP contribution < -0.4 is 10.6 Å². The number of aliphatic imine (C=N–C) groups is 1. The Hall–Kier alpha value is -1.30. The van der Waals surface area contributed by atoms with E-state index in [1.54, 1.807) is 7.11 Å². The molecule has 0 amide bonds. The maximum absolute atomic E-state index is 11.1. The zero-order valence-corrected chi connectivity index (χ0v) is 13.6. The highest BCUT2D eigenvalue weighted by atomic mass is 16.5. The molecule has 0 aliphatic carbocycles. The molecule has 1 unspecified atom stereocenters. The molecular formula is C14H29N3O3. The summed E-state index contributed by atoms with van der Waals surface area (Å²) in [6.45, 7) is 10.2. The average Bonchev–Trinajstić information content (AvgIpc) is 2.37. The minimum Gasteiger partial charge on any atom is -0.469 e. The van der Waals surface area contributed by atoms with E-state index in [0.29, 0.717) is 25.5 Å². The topological polar surface area (TPSA) is 72.0 Å². The summed E-state index contributed by atoms with van der Waals surface area (Å²) in [5.41, 5.74) is 0.0294. The Morgan fingerprint density at radius 2 is 1.90 bits per heavy atom. The zero-order valence-electron chi connectivity index (χ0n) is 13.6. The molecule has 118 valence electrons. The molecule has 6 nitrogen and oxygen atoms in total. The van der Waals surface area contributed by atoms with E-state index >= 15 is 0 Å². The minimum absolute atomic E-state index is 0.0294. The van der Waals surface area contributed by atoms with Crippen LogP contribution in [0.15, 0.2) is 4.99 Å². The van der Waals surface area contributed by atoms with Crippen molar-refractivity contribution >= 4 is 11.9 Å². The predicted octanol–water partition coefficient (Wildman–Crippen LogP) is 1.17. The van der Waals surface area contributed by atoms with Gasteiger partial charge in [-0.2, -0.15) is 0 Å². The molecule has 0 aromatic heterocycles. The predicted molar refractivity (Wildman–Crippen MR) is 80.9 cm³/mol. The van der Waals surface area contributed by atoms with Crippen LogP contribution in [0.4, 0.5) is 0 Å². The van der Waals surface area contributed by atoms with Gasteiger partial charge in [-0.05, 0) is 12.3 Å². The van der Waals surface area contributed by atoms with Gasteiger partial charge in [-0.25, -0.2) is 0 Å². The molecule has 0 saturated heterocycles. The molecule has 1 atom stereocenters. The van der Waals surface area contributed by atoms with Crippen LogP contribution in [0.5, 0.6) is 0 Å². The maximum atomic E-state index is 11.1. The van der Waals surface area contributed by atoms with E-state index in [-0.39, 0.29) is 17.5 Å². The molecule has 0 bridgehead atoms. The monoisotopic (exact) mass is 287 g/mol. The Morgan fingerprint density at radius 3 is 2.35 bits per heavy atom. The SMILES string of the molecule is CCNC(=NCC(OC)C(C)(C)C)NCCC(=O)OC. The number of rotatable bonds is 7. The summed E-state index contributed by atoms with van der Waals surface area (Å²) in [6, 6.07) is 0. The average molecular weight is 287 g/mol. The number of carbonyl (C=O) groups excluding carboxylic acids is 1. The van der Waals surface area contributed by atoms with Crippen molar-refractivity contribution in [3.05, 3.63) is 0 Å². The smallest absolute Gasteiger partial charge is 0.307 e. The van der Waals surface area contributed by atoms with Crippen molar-refractivity contribution in [1.82, 2.24) is 10.6 Å². The second kappa shape index (κ2) is 9.58. The van der Waals surface area contributed by atoms with E-state index < -0.39 is 0 Å². The Balaban J connectivity index is 4.42. The van der Waals surface area contributed by atoms with E-state index in [1.807, 2.05) is 6.92 Å². The second-order valence-electron chi connectivity index (χ2n) is 5.56. The Kier molecular flexibility index (Phi) is 8.96. The van der Waals surface area contributed by atoms with Crippen molar-refractivity contribution in [3.63, 3.8) is 0 Å². The highest BCUT2D eigenvalue weighted by Gasteiger charge is 2.24. The fourth-order valence-electron chi connectivity index (χ4n) is 1.60. The van der Waals surface area contributed by atoms with Crippen LogP contribution in [0.25, 0.3) is 0 Å². The third kappa shape index (κ3) is 7.99. The molecule has 0 heterocycles. The van der Waals surface area contributed by atoms with Crippen LogP contribution >= 0.6 is 0 Å². The van der Waals surface area contributed by atoms with Crippen LogP contribution in [0.2, 0.25) is 0 Å². The van der Waals surface area contributed by atoms with Crippen LogP contribution in [0.1, 0.15) is 34.1 Å². The van der Waals surface area contributed by atoms with Gasteiger partial charge in [0.1, 0.15) is 0 Å². The summed E-state index contributed by atoms with van der Waals surface area (Å²) in [4.78, 5) is 15.5. The third-order valence-electron chi connectivity index (χ3n) is 2.86. The molecule has 0 aliphatic rings. The third-order valence-corrected chi connectivity index (χ3v) is 2.86. The van der Waals surface area contributed by atoms with Crippen molar-refractivity contribution in [2.45, 2.75) is 40.2 Å². The van der Waals surface area contributed by atoms with Crippen LogP contribution in [-0.2, 0) is 14.3 Å². The summed E-state index contributed by atoms with van der Waals surface area (Å²) in [5.74, 6) is 0.445. The van der Waals surface area contributed by atoms with E-state index in [0.717, 1.165) is 6.54 Å². The molecule has 6 heteroatoms. The molecule has 0 radical (unpaired) electrons. The number of methoxy groups -OCH3 is 2. The van der Waals surface area contributed by atoms with Gasteiger partial charge in [0, 0.05) is 20.2 Å². The van der Waals surface area contributed by atoms with Gasteiger partial charge < -0.3 is 20.1 Å². The van der Waals surface area contributed by atoms with Gasteiger partial charge in [-0.3, -0.25) is 9.79 Å². The lowest BCUT2D eigenvalue weighted by Gasteiger charge is -2.28. The summed E-state index contributed by atoms with van der Waals surface area (Å²) in [7, 11) is 3.08. The van der Waals surface area contributed by atoms with E-state index in [1.165, 1.54) is 7.11 Å². The van der Waals surface area contributed by atoms with Crippen molar-refractivity contribution in [3.8, 4) is 0 Å². The molecular weight excluding hydrogens is 258 g/mol. The van der Waals surface area contributed by atoms with Gasteiger partial charge in [-0.15, -0.1) is 0 Å². The number of carbonyl (C=O) groups is 1. The van der Waals surface area contributed by atoms with Crippen molar-refractivity contribution < 1.29 is 14.3 Å². The standard InChI is InChI=1S/C14H29N3O3/c1-7-15-13(16-9-8-12(18)20-6)17-10-11(19-5)14(2,3)4/h11H,7-10H2,1-6H3,(H2,15,16,17). The molecule has 0 aliphatic heterocycles. The highest BCUT2D eigenvalue weighted by molar-refractivity contribution is 5.80. The van der Waals surface area contributed by atoms with E-state index in [9.17, 15) is 4.79 Å². The number of hydrogen-bond donors (Lipinski definition) is 2. The molecule has 0 aromatic rings. The summed E-state index contributed by atoms with van der Waals surface area (Å²) in [5, 5.41) is 6.24. The van der Waals surface area contributed by atoms with Gasteiger partial charge in [0.15, 0.2) is 5.96 Å². The van der Waals surface area contributed by atoms with Gasteiger partial charge in [-0.1, -0.05) is 20.8 Å². The normalized spacial score (nSPS) is 13.8. The summed E-state index contributed by atoms with van der Waals surface area (Å²) >= 11 is 0. The molecule has 20 heavy (non-hydrogen) atoms. The lowest BCUT2D eigenvalue weighted by atomic mass is 9.89. The fourth-order valence-corrected chi connectivity index (χ4v) is 1.60. The van der Waals surface area contributed by atoms with Crippen LogP contribution in [0.3, 0.4) is 0 Å². The first-order chi connectivity index (χ1) is 9.35. The molecule has 0 spiro atoms. The molecule has 2 N–H and O–H groups in total. The lowest BCUT2D eigenvalue weighted by molar-refractivity contribution is -0.140. The number of esters is 1. The van der Waals surface area contributed by atoms with Crippen LogP contribution in [-0.4, -0.2) is 51.9 Å². The van der Waals surface area contributed by atoms with Crippen LogP contribution in [0, 0.1) is 5.41 Å². The first-order valence-corrected chi connectivity index (χ1v) is 6.96. The first kappa shape index (κ1) is 18.7. The highest BCUT2D eigenvalue weighted by Crippen LogP contribution is 2.21. The Morgan fingerprint density at radius 1 is 1.25 bits per heavy atom. The molecule has 0 aromatic carbocycles. The maximum Gasteiger partial charge on any atom is 0.307 e.